The zero-order valence-electron chi connectivity index (χ0n) is 15.0. The fourth-order valence-corrected chi connectivity index (χ4v) is 3.27. The topological polar surface area (TPSA) is 115 Å². The average molecular weight is 358 g/mol. The first-order valence-corrected chi connectivity index (χ1v) is 9.38. The molecule has 6 nitrogen and oxygen atoms in total. The summed E-state index contributed by atoms with van der Waals surface area (Å²) in [6.07, 6.45) is -0.300. The number of carboxylic acids is 1. The van der Waals surface area contributed by atoms with Crippen LogP contribution >= 0.6 is 7.60 Å². The van der Waals surface area contributed by atoms with Crippen LogP contribution in [0.5, 0.6) is 5.75 Å². The summed E-state index contributed by atoms with van der Waals surface area (Å²) < 4.78 is 11.5. The minimum Gasteiger partial charge on any atom is -0.507 e. The Morgan fingerprint density at radius 3 is 1.67 bits per heavy atom. The van der Waals surface area contributed by atoms with Crippen molar-refractivity contribution < 1.29 is 29.4 Å². The molecule has 1 aromatic rings. The third-order valence-corrected chi connectivity index (χ3v) is 5.12. The summed E-state index contributed by atoms with van der Waals surface area (Å²) in [5.74, 6) is -1.40. The Kier molecular flexibility index (Phi) is 5.61. The number of benzene rings is 1. The van der Waals surface area contributed by atoms with Crippen molar-refractivity contribution in [3.63, 3.8) is 0 Å². The first-order chi connectivity index (χ1) is 10.5. The zero-order valence-corrected chi connectivity index (χ0v) is 15.9. The molecule has 0 spiro atoms. The van der Waals surface area contributed by atoms with Crippen molar-refractivity contribution in [2.75, 3.05) is 0 Å². The van der Waals surface area contributed by atoms with Crippen molar-refractivity contribution >= 4 is 13.6 Å². The maximum absolute atomic E-state index is 11.5. The standard InChI is InChI=1S/C17H27O6P/c1-16(2,3)11-7-10(8-12(14(11)18)17(4,5)6)9-13(15(19)20)24(21,22)23/h7-8,13,18H,9H2,1-6H3,(H,19,20)(H2,21,22,23). The monoisotopic (exact) mass is 358 g/mol. The van der Waals surface area contributed by atoms with Crippen LogP contribution in [-0.4, -0.2) is 31.6 Å². The number of rotatable bonds is 4. The summed E-state index contributed by atoms with van der Waals surface area (Å²) in [4.78, 5) is 29.8. The number of aromatic hydroxyl groups is 1. The van der Waals surface area contributed by atoms with E-state index in [-0.39, 0.29) is 12.2 Å². The number of carboxylic acid groups (broad SMARTS) is 1. The summed E-state index contributed by atoms with van der Waals surface area (Å²) >= 11 is 0. The highest BCUT2D eigenvalue weighted by Crippen LogP contribution is 2.45. The van der Waals surface area contributed by atoms with E-state index in [0.717, 1.165) is 0 Å². The minimum atomic E-state index is -4.78. The molecule has 136 valence electrons. The highest BCUT2D eigenvalue weighted by atomic mass is 31.2. The number of carbonyl (C=O) groups is 1. The summed E-state index contributed by atoms with van der Waals surface area (Å²) in [6.45, 7) is 11.5. The molecule has 1 unspecified atom stereocenters. The minimum absolute atomic E-state index is 0.141. The van der Waals surface area contributed by atoms with Crippen molar-refractivity contribution in [3.05, 3.63) is 28.8 Å². The van der Waals surface area contributed by atoms with E-state index in [1.165, 1.54) is 0 Å². The molecule has 4 N–H and O–H groups in total. The highest BCUT2D eigenvalue weighted by Gasteiger charge is 2.36. The molecule has 0 amide bonds. The van der Waals surface area contributed by atoms with E-state index in [2.05, 4.69) is 0 Å². The smallest absolute Gasteiger partial charge is 0.340 e. The van der Waals surface area contributed by atoms with E-state index < -0.39 is 30.1 Å². The van der Waals surface area contributed by atoms with Gasteiger partial charge in [0.15, 0.2) is 5.66 Å². The predicted molar refractivity (Wildman–Crippen MR) is 92.7 cm³/mol. The van der Waals surface area contributed by atoms with Crippen LogP contribution in [0.3, 0.4) is 0 Å². The summed E-state index contributed by atoms with van der Waals surface area (Å²) in [5.41, 5.74) is -0.873. The van der Waals surface area contributed by atoms with E-state index >= 15 is 0 Å². The molecule has 0 aliphatic heterocycles. The van der Waals surface area contributed by atoms with Crippen molar-refractivity contribution in [1.29, 1.82) is 0 Å². The zero-order chi connectivity index (χ0) is 19.1. The Morgan fingerprint density at radius 1 is 1.04 bits per heavy atom. The Bertz CT molecular complexity index is 640. The molecular formula is C17H27O6P. The lowest BCUT2D eigenvalue weighted by Gasteiger charge is -2.28. The van der Waals surface area contributed by atoms with Gasteiger partial charge in [-0.2, -0.15) is 0 Å². The lowest BCUT2D eigenvalue weighted by atomic mass is 9.78. The summed E-state index contributed by atoms with van der Waals surface area (Å²) in [5, 5.41) is 19.8. The second-order valence-corrected chi connectivity index (χ2v) is 9.99. The molecule has 0 aliphatic carbocycles. The van der Waals surface area contributed by atoms with Crippen LogP contribution < -0.4 is 0 Å². The van der Waals surface area contributed by atoms with Crippen molar-refractivity contribution in [2.45, 2.75) is 64.5 Å². The fourth-order valence-electron chi connectivity index (χ4n) is 2.53. The van der Waals surface area contributed by atoms with E-state index in [1.807, 2.05) is 41.5 Å². The van der Waals surface area contributed by atoms with Gasteiger partial charge in [0.1, 0.15) is 5.75 Å². The molecule has 1 rings (SSSR count). The Hall–Kier alpha value is -1.36. The number of hydrogen-bond acceptors (Lipinski definition) is 3. The molecule has 1 aromatic carbocycles. The van der Waals surface area contributed by atoms with E-state index in [0.29, 0.717) is 16.7 Å². The molecule has 0 aromatic heterocycles. The molecule has 0 saturated carbocycles. The second kappa shape index (κ2) is 6.51. The molecule has 0 heterocycles. The predicted octanol–water partition coefficient (Wildman–Crippen LogP) is 3.16. The molecule has 24 heavy (non-hydrogen) atoms. The quantitative estimate of drug-likeness (QED) is 0.615. The average Bonchev–Trinajstić information content (AvgIpc) is 2.32. The number of phenols is 1. The molecule has 0 aliphatic rings. The van der Waals surface area contributed by atoms with Gasteiger partial charge in [-0.25, -0.2) is 0 Å². The van der Waals surface area contributed by atoms with Gasteiger partial charge in [-0.1, -0.05) is 53.7 Å². The maximum Gasteiger partial charge on any atom is 0.340 e. The van der Waals surface area contributed by atoms with Gasteiger partial charge in [0.2, 0.25) is 0 Å². The van der Waals surface area contributed by atoms with E-state index in [9.17, 15) is 24.3 Å². The highest BCUT2D eigenvalue weighted by molar-refractivity contribution is 7.53. The largest absolute Gasteiger partial charge is 0.507 e. The van der Waals surface area contributed by atoms with Gasteiger partial charge in [-0.05, 0) is 33.9 Å². The van der Waals surface area contributed by atoms with Crippen molar-refractivity contribution in [1.82, 2.24) is 0 Å². The Balaban J connectivity index is 3.55. The first kappa shape index (κ1) is 20.7. The number of aliphatic carboxylic acids is 1. The van der Waals surface area contributed by atoms with Gasteiger partial charge in [-0.3, -0.25) is 9.36 Å². The summed E-state index contributed by atoms with van der Waals surface area (Å²) in [7, 11) is -4.78. The Labute approximate surface area is 142 Å². The van der Waals surface area contributed by atoms with E-state index in [1.54, 1.807) is 12.1 Å². The molecule has 7 heteroatoms. The Morgan fingerprint density at radius 2 is 1.42 bits per heavy atom. The summed E-state index contributed by atoms with van der Waals surface area (Å²) in [6, 6.07) is 3.27. The van der Waals surface area contributed by atoms with Gasteiger partial charge >= 0.3 is 13.6 Å². The van der Waals surface area contributed by atoms with Crippen LogP contribution in [0.2, 0.25) is 0 Å². The van der Waals surface area contributed by atoms with Crippen LogP contribution in [0.15, 0.2) is 12.1 Å². The van der Waals surface area contributed by atoms with Crippen LogP contribution in [0.1, 0.15) is 58.2 Å². The van der Waals surface area contributed by atoms with Gasteiger partial charge in [0.25, 0.3) is 0 Å². The van der Waals surface area contributed by atoms with E-state index in [4.69, 9.17) is 5.11 Å². The third-order valence-electron chi connectivity index (χ3n) is 3.91. The second-order valence-electron chi connectivity index (χ2n) is 8.19. The third kappa shape index (κ3) is 4.82. The number of phenolic OH excluding ortho intramolecular Hbond substituents is 1. The van der Waals surface area contributed by atoms with Gasteiger partial charge in [0, 0.05) is 0 Å². The van der Waals surface area contributed by atoms with Crippen molar-refractivity contribution in [3.8, 4) is 5.75 Å². The van der Waals surface area contributed by atoms with Gasteiger partial charge in [-0.15, -0.1) is 0 Å². The van der Waals surface area contributed by atoms with Crippen LogP contribution in [-0.2, 0) is 26.6 Å². The van der Waals surface area contributed by atoms with Crippen LogP contribution in [0.4, 0.5) is 0 Å². The molecule has 0 radical (unpaired) electrons. The molecular weight excluding hydrogens is 331 g/mol. The normalized spacial score (nSPS) is 14.5. The molecule has 0 fully saturated rings. The van der Waals surface area contributed by atoms with Crippen LogP contribution in [0, 0.1) is 0 Å². The first-order valence-electron chi connectivity index (χ1n) is 7.70. The van der Waals surface area contributed by atoms with Gasteiger partial charge in [0.05, 0.1) is 0 Å². The van der Waals surface area contributed by atoms with Gasteiger partial charge < -0.3 is 20.0 Å². The lowest BCUT2D eigenvalue weighted by Crippen LogP contribution is -2.24. The lowest BCUT2D eigenvalue weighted by molar-refractivity contribution is -0.136. The molecule has 0 saturated heterocycles. The molecule has 0 bridgehead atoms. The molecule has 1 atom stereocenters. The maximum atomic E-state index is 11.5. The number of hydrogen-bond donors (Lipinski definition) is 4. The fraction of sp³-hybridized carbons (Fsp3) is 0.588. The van der Waals surface area contributed by atoms with Crippen molar-refractivity contribution in [2.24, 2.45) is 0 Å². The van der Waals surface area contributed by atoms with Crippen LogP contribution in [0.25, 0.3) is 0 Å². The SMILES string of the molecule is CC(C)(C)c1cc(CC(C(=O)O)P(=O)(O)O)cc(C(C)(C)C)c1O.